The van der Waals surface area contributed by atoms with Gasteiger partial charge in [0.25, 0.3) is 0 Å². The van der Waals surface area contributed by atoms with Crippen LogP contribution in [0.3, 0.4) is 0 Å². The first-order valence-electron chi connectivity index (χ1n) is 7.27. The second-order valence-electron chi connectivity index (χ2n) is 6.11. The van der Waals surface area contributed by atoms with Crippen LogP contribution in [0, 0.1) is 11.8 Å². The van der Waals surface area contributed by atoms with Crippen LogP contribution in [-0.4, -0.2) is 21.6 Å². The summed E-state index contributed by atoms with van der Waals surface area (Å²) in [5.41, 5.74) is 7.82. The summed E-state index contributed by atoms with van der Waals surface area (Å²) in [5.74, 6) is 2.60. The maximum absolute atomic E-state index is 6.14. The number of nitrogen functional groups attached to an aromatic ring is 1. The summed E-state index contributed by atoms with van der Waals surface area (Å²) in [6.07, 6.45) is 3.57. The molecule has 2 atom stereocenters. The van der Waals surface area contributed by atoms with Gasteiger partial charge in [-0.1, -0.05) is 13.8 Å². The highest BCUT2D eigenvalue weighted by Crippen LogP contribution is 2.38. The molecule has 0 radical (unpaired) electrons. The van der Waals surface area contributed by atoms with Crippen molar-refractivity contribution in [1.82, 2.24) is 14.5 Å². The summed E-state index contributed by atoms with van der Waals surface area (Å²) in [6, 6.07) is 4.13. The number of nitrogens with zero attached hydrogens (tertiary/aromatic N) is 3. The Labute approximate surface area is 119 Å². The first-order valence-corrected chi connectivity index (χ1v) is 7.27. The Morgan fingerprint density at radius 1 is 1.15 bits per heavy atom. The van der Waals surface area contributed by atoms with Crippen molar-refractivity contribution in [1.29, 1.82) is 0 Å². The summed E-state index contributed by atoms with van der Waals surface area (Å²) in [5, 5.41) is 0. The molecule has 0 spiro atoms. The van der Waals surface area contributed by atoms with Crippen molar-refractivity contribution in [3.63, 3.8) is 0 Å². The molecule has 0 saturated heterocycles. The van der Waals surface area contributed by atoms with Gasteiger partial charge in [0.1, 0.15) is 5.52 Å². The van der Waals surface area contributed by atoms with Crippen molar-refractivity contribution in [2.24, 2.45) is 11.8 Å². The lowest BCUT2D eigenvalue weighted by Crippen LogP contribution is -2.23. The van der Waals surface area contributed by atoms with Crippen LogP contribution < -0.4 is 10.5 Å². The molecule has 0 bridgehead atoms. The first-order chi connectivity index (χ1) is 9.58. The number of rotatable bonds is 2. The first kappa shape index (κ1) is 13.2. The number of hydrogen-bond donors (Lipinski definition) is 1. The Morgan fingerprint density at radius 2 is 1.85 bits per heavy atom. The summed E-state index contributed by atoms with van der Waals surface area (Å²) in [4.78, 5) is 8.97. The average Bonchev–Trinajstić information content (AvgIpc) is 2.72. The second-order valence-corrected chi connectivity index (χ2v) is 6.11. The Hall–Kier alpha value is -1.78. The van der Waals surface area contributed by atoms with Crippen molar-refractivity contribution in [2.75, 3.05) is 12.8 Å². The summed E-state index contributed by atoms with van der Waals surface area (Å²) < 4.78 is 7.32. The van der Waals surface area contributed by atoms with Crippen molar-refractivity contribution in [3.8, 4) is 5.88 Å². The standard InChI is InChI=1S/C15H22N4O/c1-9-6-10(2)8-11(7-9)19-14-12(17-15(19)16)4-5-13(18-14)20-3/h4-5,9-11H,6-8H2,1-3H3,(H2,16,17). The number of anilines is 1. The van der Waals surface area contributed by atoms with Gasteiger partial charge in [-0.3, -0.25) is 4.57 Å². The number of imidazole rings is 1. The van der Waals surface area contributed by atoms with E-state index in [0.717, 1.165) is 24.0 Å². The molecule has 2 unspecified atom stereocenters. The molecule has 3 rings (SSSR count). The number of aromatic nitrogens is 3. The lowest BCUT2D eigenvalue weighted by Gasteiger charge is -2.32. The number of methoxy groups -OCH3 is 1. The van der Waals surface area contributed by atoms with Gasteiger partial charge in [0.05, 0.1) is 7.11 Å². The Balaban J connectivity index is 2.07. The van der Waals surface area contributed by atoms with E-state index in [0.29, 0.717) is 29.7 Å². The normalized spacial score (nSPS) is 26.9. The van der Waals surface area contributed by atoms with Crippen molar-refractivity contribution < 1.29 is 4.74 Å². The van der Waals surface area contributed by atoms with Gasteiger partial charge in [0.2, 0.25) is 11.8 Å². The molecule has 1 aliphatic rings. The van der Waals surface area contributed by atoms with Gasteiger partial charge in [-0.2, -0.15) is 4.98 Å². The van der Waals surface area contributed by atoms with E-state index in [1.165, 1.54) is 6.42 Å². The molecule has 5 heteroatoms. The van der Waals surface area contributed by atoms with Crippen LogP contribution in [-0.2, 0) is 0 Å². The van der Waals surface area contributed by atoms with E-state index < -0.39 is 0 Å². The van der Waals surface area contributed by atoms with Gasteiger partial charge in [0, 0.05) is 12.1 Å². The summed E-state index contributed by atoms with van der Waals surface area (Å²) >= 11 is 0. The molecular formula is C15H22N4O. The monoisotopic (exact) mass is 274 g/mol. The van der Waals surface area contributed by atoms with Crippen LogP contribution in [0.4, 0.5) is 5.95 Å². The smallest absolute Gasteiger partial charge is 0.215 e. The molecule has 0 amide bonds. The Morgan fingerprint density at radius 3 is 2.50 bits per heavy atom. The molecule has 20 heavy (non-hydrogen) atoms. The molecular weight excluding hydrogens is 252 g/mol. The fourth-order valence-corrected chi connectivity index (χ4v) is 3.56. The number of pyridine rings is 1. The van der Waals surface area contributed by atoms with E-state index in [-0.39, 0.29) is 0 Å². The Bertz CT molecular complexity index is 612. The number of nitrogens with two attached hydrogens (primary N) is 1. The molecule has 1 fully saturated rings. The van der Waals surface area contributed by atoms with Gasteiger partial charge >= 0.3 is 0 Å². The predicted molar refractivity (Wildman–Crippen MR) is 79.7 cm³/mol. The lowest BCUT2D eigenvalue weighted by molar-refractivity contribution is 0.225. The molecule has 0 aliphatic heterocycles. The molecule has 0 aromatic carbocycles. The van der Waals surface area contributed by atoms with Crippen LogP contribution in [0.5, 0.6) is 5.88 Å². The number of hydrogen-bond acceptors (Lipinski definition) is 4. The predicted octanol–water partition coefficient (Wildman–Crippen LogP) is 3.02. The highest BCUT2D eigenvalue weighted by molar-refractivity contribution is 5.75. The topological polar surface area (TPSA) is 66.0 Å². The van der Waals surface area contributed by atoms with Crippen LogP contribution >= 0.6 is 0 Å². The van der Waals surface area contributed by atoms with E-state index in [2.05, 4.69) is 28.4 Å². The zero-order valence-corrected chi connectivity index (χ0v) is 12.3. The molecule has 2 heterocycles. The maximum Gasteiger partial charge on any atom is 0.215 e. The van der Waals surface area contributed by atoms with Crippen LogP contribution in [0.1, 0.15) is 39.2 Å². The van der Waals surface area contributed by atoms with Gasteiger partial charge < -0.3 is 10.5 Å². The fourth-order valence-electron chi connectivity index (χ4n) is 3.56. The van der Waals surface area contributed by atoms with Crippen molar-refractivity contribution >= 4 is 17.1 Å². The molecule has 1 saturated carbocycles. The van der Waals surface area contributed by atoms with Crippen LogP contribution in [0.25, 0.3) is 11.2 Å². The summed E-state index contributed by atoms with van der Waals surface area (Å²) in [6.45, 7) is 4.62. The van der Waals surface area contributed by atoms with Gasteiger partial charge in [-0.25, -0.2) is 4.98 Å². The van der Waals surface area contributed by atoms with Gasteiger partial charge in [-0.15, -0.1) is 0 Å². The second kappa shape index (κ2) is 4.96. The minimum Gasteiger partial charge on any atom is -0.481 e. The van der Waals surface area contributed by atoms with Gasteiger partial charge in [0.15, 0.2) is 5.65 Å². The molecule has 5 nitrogen and oxygen atoms in total. The molecule has 2 N–H and O–H groups in total. The van der Waals surface area contributed by atoms with Gasteiger partial charge in [-0.05, 0) is 37.2 Å². The minimum absolute atomic E-state index is 0.387. The number of fused-ring (bicyclic) bond motifs is 1. The summed E-state index contributed by atoms with van der Waals surface area (Å²) in [7, 11) is 1.63. The maximum atomic E-state index is 6.14. The molecule has 108 valence electrons. The van der Waals surface area contributed by atoms with Crippen LogP contribution in [0.2, 0.25) is 0 Å². The Kier molecular flexibility index (Phi) is 3.28. The molecule has 2 aromatic heterocycles. The SMILES string of the molecule is COc1ccc2nc(N)n(C3CC(C)CC(C)C3)c2n1. The third kappa shape index (κ3) is 2.21. The zero-order valence-electron chi connectivity index (χ0n) is 12.3. The highest BCUT2D eigenvalue weighted by Gasteiger charge is 2.28. The van der Waals surface area contributed by atoms with E-state index in [1.807, 2.05) is 12.1 Å². The van der Waals surface area contributed by atoms with E-state index in [9.17, 15) is 0 Å². The van der Waals surface area contributed by atoms with E-state index >= 15 is 0 Å². The van der Waals surface area contributed by atoms with E-state index in [1.54, 1.807) is 7.11 Å². The number of ether oxygens (including phenoxy) is 1. The van der Waals surface area contributed by atoms with Crippen molar-refractivity contribution in [3.05, 3.63) is 12.1 Å². The van der Waals surface area contributed by atoms with Crippen molar-refractivity contribution in [2.45, 2.75) is 39.2 Å². The fraction of sp³-hybridized carbons (Fsp3) is 0.600. The third-order valence-corrected chi connectivity index (χ3v) is 4.27. The zero-order chi connectivity index (χ0) is 14.3. The average molecular weight is 274 g/mol. The molecule has 2 aromatic rings. The van der Waals surface area contributed by atoms with Crippen LogP contribution in [0.15, 0.2) is 12.1 Å². The van der Waals surface area contributed by atoms with E-state index in [4.69, 9.17) is 10.5 Å². The lowest BCUT2D eigenvalue weighted by atomic mass is 9.80. The minimum atomic E-state index is 0.387. The quantitative estimate of drug-likeness (QED) is 0.914. The third-order valence-electron chi connectivity index (χ3n) is 4.27. The highest BCUT2D eigenvalue weighted by atomic mass is 16.5. The molecule has 1 aliphatic carbocycles. The largest absolute Gasteiger partial charge is 0.481 e.